The Balaban J connectivity index is 1.29. The third-order valence-corrected chi connectivity index (χ3v) is 9.35. The zero-order valence-corrected chi connectivity index (χ0v) is 22.9. The molecule has 5 heterocycles. The number of rotatable bonds is 7. The molecule has 1 unspecified atom stereocenters. The Bertz CT molecular complexity index is 1550. The van der Waals surface area contributed by atoms with Gasteiger partial charge in [-0.05, 0) is 55.3 Å². The van der Waals surface area contributed by atoms with Crippen LogP contribution in [-0.4, -0.2) is 81.6 Å². The van der Waals surface area contributed by atoms with Crippen LogP contribution in [-0.2, 0) is 13.0 Å². The molecule has 0 aliphatic carbocycles. The lowest BCUT2D eigenvalue weighted by Gasteiger charge is -2.41. The van der Waals surface area contributed by atoms with Gasteiger partial charge in [-0.25, -0.2) is 8.78 Å². The summed E-state index contributed by atoms with van der Waals surface area (Å²) in [6.07, 6.45) is 2.52. The van der Waals surface area contributed by atoms with E-state index in [2.05, 4.69) is 14.9 Å². The average molecular weight is 566 g/mol. The minimum absolute atomic E-state index is 0.0357. The Morgan fingerprint density at radius 2 is 2.07 bits per heavy atom. The quantitative estimate of drug-likeness (QED) is 0.447. The maximum absolute atomic E-state index is 14.9. The first-order valence-electron chi connectivity index (χ1n) is 14.4. The lowest BCUT2D eigenvalue weighted by Crippen LogP contribution is -2.51. The van der Waals surface area contributed by atoms with Crippen molar-refractivity contribution < 1.29 is 28.5 Å². The molecule has 0 radical (unpaired) electrons. The van der Waals surface area contributed by atoms with Crippen molar-refractivity contribution in [2.24, 2.45) is 0 Å². The van der Waals surface area contributed by atoms with Gasteiger partial charge < -0.3 is 24.7 Å². The van der Waals surface area contributed by atoms with Gasteiger partial charge in [0.2, 0.25) is 0 Å². The molecule has 3 atom stereocenters. The fraction of sp³-hybridized carbons (Fsp3) is 0.500. The zero-order valence-electron chi connectivity index (χ0n) is 22.9. The number of amides is 1. The Kier molecular flexibility index (Phi) is 6.27. The summed E-state index contributed by atoms with van der Waals surface area (Å²) in [7, 11) is 0. The molecule has 3 saturated heterocycles. The van der Waals surface area contributed by atoms with Crippen molar-refractivity contribution in [2.45, 2.75) is 63.3 Å². The standard InChI is InChI=1S/C30H33F2N5O4/c1-2-21-22(32)5-4-17-10-20(39)11-24(25(17)21)37-14-23-26(28(37)40)27(36-9-6-19(36)15-38)34-29(33-23)41-16-30-7-3-8-35(30)13-18(31)12-30/h4-5,10-11,18-19,38-39H,2-3,6-9,12-16H2,1H3/t18?,19-,30+/m1/s1. The molecule has 1 aromatic heterocycles. The summed E-state index contributed by atoms with van der Waals surface area (Å²) in [5.74, 6) is -0.377. The van der Waals surface area contributed by atoms with Crippen molar-refractivity contribution in [2.75, 3.05) is 42.6 Å². The largest absolute Gasteiger partial charge is 0.508 e. The third kappa shape index (κ3) is 4.12. The van der Waals surface area contributed by atoms with Crippen molar-refractivity contribution in [3.8, 4) is 11.8 Å². The van der Waals surface area contributed by atoms with E-state index in [1.54, 1.807) is 12.1 Å². The van der Waals surface area contributed by atoms with Gasteiger partial charge >= 0.3 is 6.01 Å². The van der Waals surface area contributed by atoms with Gasteiger partial charge in [0, 0.05) is 31.0 Å². The van der Waals surface area contributed by atoms with E-state index in [9.17, 15) is 23.8 Å². The number of aromatic hydroxyl groups is 1. The number of nitrogens with zero attached hydrogens (tertiary/aromatic N) is 5. The molecule has 7 rings (SSSR count). The zero-order chi connectivity index (χ0) is 28.5. The van der Waals surface area contributed by atoms with Crippen molar-refractivity contribution in [1.29, 1.82) is 0 Å². The van der Waals surface area contributed by atoms with Crippen LogP contribution in [0.1, 0.15) is 54.2 Å². The lowest BCUT2D eigenvalue weighted by atomic mass is 9.95. The summed E-state index contributed by atoms with van der Waals surface area (Å²) in [6, 6.07) is 5.94. The molecule has 2 aromatic carbocycles. The lowest BCUT2D eigenvalue weighted by molar-refractivity contribution is 0.0995. The maximum Gasteiger partial charge on any atom is 0.318 e. The predicted octanol–water partition coefficient (Wildman–Crippen LogP) is 3.72. The topological polar surface area (TPSA) is 102 Å². The Morgan fingerprint density at radius 3 is 2.83 bits per heavy atom. The predicted molar refractivity (Wildman–Crippen MR) is 149 cm³/mol. The number of aromatic nitrogens is 2. The molecular weight excluding hydrogens is 532 g/mol. The highest BCUT2D eigenvalue weighted by atomic mass is 19.1. The van der Waals surface area contributed by atoms with Crippen LogP contribution in [0, 0.1) is 5.82 Å². The molecule has 9 nitrogen and oxygen atoms in total. The monoisotopic (exact) mass is 565 g/mol. The van der Waals surface area contributed by atoms with Crippen LogP contribution in [0.3, 0.4) is 0 Å². The minimum atomic E-state index is -0.886. The number of aliphatic hydroxyl groups is 1. The maximum atomic E-state index is 14.9. The molecule has 3 aromatic rings. The van der Waals surface area contributed by atoms with Crippen LogP contribution < -0.4 is 14.5 Å². The molecule has 216 valence electrons. The highest BCUT2D eigenvalue weighted by molar-refractivity contribution is 6.16. The fourth-order valence-electron chi connectivity index (χ4n) is 7.22. The van der Waals surface area contributed by atoms with E-state index in [0.29, 0.717) is 65.0 Å². The number of phenols is 1. The van der Waals surface area contributed by atoms with E-state index >= 15 is 0 Å². The summed E-state index contributed by atoms with van der Waals surface area (Å²) in [4.78, 5) is 28.9. The normalized spacial score (nSPS) is 25.6. The number of aliphatic hydroxyl groups excluding tert-OH is 1. The molecule has 1 amide bonds. The van der Waals surface area contributed by atoms with Gasteiger partial charge in [-0.3, -0.25) is 9.69 Å². The second kappa shape index (κ2) is 9.77. The van der Waals surface area contributed by atoms with Crippen LogP contribution in [0.25, 0.3) is 10.8 Å². The highest BCUT2D eigenvalue weighted by Gasteiger charge is 2.49. The molecule has 41 heavy (non-hydrogen) atoms. The SMILES string of the molecule is CCc1c(F)ccc2cc(O)cc(N3Cc4nc(OC[C@@]56CCCN5CC(F)C6)nc(N5CC[C@@H]5CO)c4C3=O)c12. The van der Waals surface area contributed by atoms with Crippen LogP contribution in [0.2, 0.25) is 0 Å². The van der Waals surface area contributed by atoms with E-state index in [0.717, 1.165) is 25.8 Å². The van der Waals surface area contributed by atoms with Gasteiger partial charge in [-0.2, -0.15) is 9.97 Å². The van der Waals surface area contributed by atoms with Gasteiger partial charge in [0.25, 0.3) is 5.91 Å². The van der Waals surface area contributed by atoms with Crippen LogP contribution in [0.5, 0.6) is 11.8 Å². The van der Waals surface area contributed by atoms with Gasteiger partial charge in [0.05, 0.1) is 36.1 Å². The van der Waals surface area contributed by atoms with Crippen molar-refractivity contribution in [3.05, 3.63) is 46.9 Å². The number of ether oxygens (including phenoxy) is 1. The van der Waals surface area contributed by atoms with E-state index in [1.165, 1.54) is 17.0 Å². The number of carbonyl (C=O) groups is 1. The fourth-order valence-corrected chi connectivity index (χ4v) is 7.22. The summed E-state index contributed by atoms with van der Waals surface area (Å²) in [5.41, 5.74) is 1.25. The van der Waals surface area contributed by atoms with Crippen molar-refractivity contribution in [3.63, 3.8) is 0 Å². The van der Waals surface area contributed by atoms with Crippen LogP contribution in [0.4, 0.5) is 20.3 Å². The highest BCUT2D eigenvalue weighted by Crippen LogP contribution is 2.43. The first kappa shape index (κ1) is 26.3. The van der Waals surface area contributed by atoms with E-state index in [1.807, 2.05) is 11.8 Å². The molecule has 4 aliphatic heterocycles. The smallest absolute Gasteiger partial charge is 0.318 e. The van der Waals surface area contributed by atoms with Gasteiger partial charge in [-0.1, -0.05) is 13.0 Å². The minimum Gasteiger partial charge on any atom is -0.508 e. The Labute approximate surface area is 236 Å². The second-order valence-electron chi connectivity index (χ2n) is 11.7. The van der Waals surface area contributed by atoms with Gasteiger partial charge in [-0.15, -0.1) is 0 Å². The number of anilines is 2. The number of alkyl halides is 1. The van der Waals surface area contributed by atoms with Crippen LogP contribution >= 0.6 is 0 Å². The number of halogens is 2. The summed E-state index contributed by atoms with van der Waals surface area (Å²) >= 11 is 0. The number of fused-ring (bicyclic) bond motifs is 3. The van der Waals surface area contributed by atoms with E-state index in [4.69, 9.17) is 4.74 Å². The summed E-state index contributed by atoms with van der Waals surface area (Å²) in [5, 5.41) is 21.6. The average Bonchev–Trinajstić information content (AvgIpc) is 3.56. The first-order chi connectivity index (χ1) is 19.8. The Morgan fingerprint density at radius 1 is 1.22 bits per heavy atom. The van der Waals surface area contributed by atoms with Crippen molar-refractivity contribution in [1.82, 2.24) is 14.9 Å². The molecular formula is C30H33F2N5O4. The van der Waals surface area contributed by atoms with Crippen LogP contribution in [0.15, 0.2) is 24.3 Å². The number of phenolic OH excluding ortho intramolecular Hbond substituents is 1. The molecule has 4 aliphatic rings. The first-order valence-corrected chi connectivity index (χ1v) is 14.4. The van der Waals surface area contributed by atoms with E-state index in [-0.39, 0.29) is 54.8 Å². The number of carbonyl (C=O) groups excluding carboxylic acids is 1. The molecule has 0 spiro atoms. The molecule has 0 bridgehead atoms. The molecule has 3 fully saturated rings. The molecule has 0 saturated carbocycles. The number of hydrogen-bond donors (Lipinski definition) is 2. The Hall–Kier alpha value is -3.57. The van der Waals surface area contributed by atoms with Gasteiger partial charge in [0.15, 0.2) is 0 Å². The van der Waals surface area contributed by atoms with Gasteiger partial charge in [0.1, 0.15) is 35.7 Å². The number of benzene rings is 2. The third-order valence-electron chi connectivity index (χ3n) is 9.35. The molecule has 2 N–H and O–H groups in total. The number of aryl methyl sites for hydroxylation is 1. The van der Waals surface area contributed by atoms with E-state index < -0.39 is 6.17 Å². The molecule has 11 heteroatoms. The number of hydrogen-bond acceptors (Lipinski definition) is 8. The summed E-state index contributed by atoms with van der Waals surface area (Å²) in [6.45, 7) is 3.97. The second-order valence-corrected chi connectivity index (χ2v) is 11.7. The summed E-state index contributed by atoms with van der Waals surface area (Å²) < 4.78 is 35.4. The van der Waals surface area contributed by atoms with Crippen molar-refractivity contribution >= 4 is 28.2 Å².